The van der Waals surface area contributed by atoms with E-state index in [9.17, 15) is 35.4 Å². The van der Waals surface area contributed by atoms with Crippen LogP contribution in [-0.2, 0) is 14.3 Å². The van der Waals surface area contributed by atoms with Crippen molar-refractivity contribution in [3.63, 3.8) is 0 Å². The molecular formula is C26H42O9. The Labute approximate surface area is 206 Å². The molecule has 1 saturated heterocycles. The molecule has 6 fully saturated rings. The minimum absolute atomic E-state index is 0.0124. The highest BCUT2D eigenvalue weighted by atomic mass is 16.7. The smallest absolute Gasteiger partial charge is 0.186 e. The van der Waals surface area contributed by atoms with Crippen LogP contribution in [0.2, 0.25) is 0 Å². The fourth-order valence-electron chi connectivity index (χ4n) is 9.19. The number of Topliss-reactive ketones (excluding diaryl/α,β-unsaturated/α-hetero) is 1. The van der Waals surface area contributed by atoms with Gasteiger partial charge in [0.05, 0.1) is 30.8 Å². The summed E-state index contributed by atoms with van der Waals surface area (Å²) in [5.74, 6) is 0.606. The molecule has 1 heterocycles. The lowest BCUT2D eigenvalue weighted by molar-refractivity contribution is -0.309. The van der Waals surface area contributed by atoms with Gasteiger partial charge in [0.25, 0.3) is 0 Å². The Balaban J connectivity index is 1.37. The maximum atomic E-state index is 13.4. The predicted molar refractivity (Wildman–Crippen MR) is 123 cm³/mol. The van der Waals surface area contributed by atoms with Crippen molar-refractivity contribution in [3.05, 3.63) is 0 Å². The number of carbonyl (C=O) groups is 1. The topological polar surface area (TPSA) is 157 Å². The Morgan fingerprint density at radius 2 is 1.71 bits per heavy atom. The molecule has 200 valence electrons. The van der Waals surface area contributed by atoms with E-state index < -0.39 is 48.3 Å². The molecule has 0 unspecified atom stereocenters. The number of rotatable bonds is 5. The standard InChI is InChI=1S/C26H42O9/c1-23-6-5-18(29)24(2,13-34-22-21(32)20(31)19(30)15(10-27)35-22)16(23)4-8-25-7-3-14(9-17(23)25)26(33,11-25)12-28/h14-17,19-22,27-28,30-33H,3-13H2,1-2H3/t14-,15+,16-,17-,19+,20-,21+,22+,23+,24-,25+,26+/m0/s1. The minimum atomic E-state index is -1.52. The van der Waals surface area contributed by atoms with Gasteiger partial charge in [0.15, 0.2) is 6.29 Å². The van der Waals surface area contributed by atoms with Crippen LogP contribution in [0.1, 0.15) is 65.2 Å². The second-order valence-electron chi connectivity index (χ2n) is 12.8. The van der Waals surface area contributed by atoms with Crippen LogP contribution < -0.4 is 0 Å². The minimum Gasteiger partial charge on any atom is -0.394 e. The first-order valence-electron chi connectivity index (χ1n) is 13.2. The third kappa shape index (κ3) is 3.68. The quantitative estimate of drug-likeness (QED) is 0.310. The van der Waals surface area contributed by atoms with Crippen LogP contribution >= 0.6 is 0 Å². The van der Waals surface area contributed by atoms with E-state index in [-0.39, 0.29) is 41.7 Å². The average molecular weight is 499 g/mol. The number of hydrogen-bond donors (Lipinski definition) is 6. The zero-order valence-electron chi connectivity index (χ0n) is 20.8. The molecule has 35 heavy (non-hydrogen) atoms. The number of aliphatic hydroxyl groups excluding tert-OH is 5. The number of ketones is 1. The molecule has 9 nitrogen and oxygen atoms in total. The maximum Gasteiger partial charge on any atom is 0.186 e. The van der Waals surface area contributed by atoms with Crippen molar-refractivity contribution < 1.29 is 44.9 Å². The van der Waals surface area contributed by atoms with E-state index in [1.807, 2.05) is 6.92 Å². The van der Waals surface area contributed by atoms with Crippen LogP contribution in [0, 0.1) is 34.0 Å². The van der Waals surface area contributed by atoms with E-state index in [1.54, 1.807) is 0 Å². The summed E-state index contributed by atoms with van der Waals surface area (Å²) in [5, 5.41) is 61.2. The Morgan fingerprint density at radius 3 is 2.40 bits per heavy atom. The van der Waals surface area contributed by atoms with Crippen LogP contribution in [0.5, 0.6) is 0 Å². The molecule has 2 bridgehead atoms. The molecule has 6 aliphatic rings. The van der Waals surface area contributed by atoms with Crippen LogP contribution in [0.15, 0.2) is 0 Å². The van der Waals surface area contributed by atoms with E-state index in [0.29, 0.717) is 18.8 Å². The van der Waals surface area contributed by atoms with Crippen molar-refractivity contribution in [3.8, 4) is 0 Å². The van der Waals surface area contributed by atoms with Gasteiger partial charge in [0.2, 0.25) is 0 Å². The molecule has 12 atom stereocenters. The zero-order chi connectivity index (χ0) is 25.4. The molecule has 9 heteroatoms. The van der Waals surface area contributed by atoms with Gasteiger partial charge in [-0.25, -0.2) is 0 Å². The predicted octanol–water partition coefficient (Wildman–Crippen LogP) is 0.118. The lowest BCUT2D eigenvalue weighted by Crippen LogP contribution is -2.67. The lowest BCUT2D eigenvalue weighted by atomic mass is 9.35. The molecule has 0 radical (unpaired) electrons. The summed E-state index contributed by atoms with van der Waals surface area (Å²) in [7, 11) is 0. The summed E-state index contributed by atoms with van der Waals surface area (Å²) in [6.45, 7) is 3.51. The van der Waals surface area contributed by atoms with Crippen molar-refractivity contribution in [2.24, 2.45) is 34.0 Å². The second kappa shape index (κ2) is 8.70. The van der Waals surface area contributed by atoms with Gasteiger partial charge in [-0.05, 0) is 73.5 Å². The largest absolute Gasteiger partial charge is 0.394 e. The van der Waals surface area contributed by atoms with Crippen LogP contribution in [0.3, 0.4) is 0 Å². The Hall–Kier alpha value is -0.650. The van der Waals surface area contributed by atoms with Crippen molar-refractivity contribution >= 4 is 5.78 Å². The molecule has 0 aromatic rings. The van der Waals surface area contributed by atoms with Crippen molar-refractivity contribution in [1.82, 2.24) is 0 Å². The summed E-state index contributed by atoms with van der Waals surface area (Å²) in [6, 6.07) is 0. The summed E-state index contributed by atoms with van der Waals surface area (Å²) in [4.78, 5) is 13.4. The third-order valence-corrected chi connectivity index (χ3v) is 11.2. The molecule has 0 aromatic carbocycles. The first-order valence-corrected chi connectivity index (χ1v) is 13.2. The fraction of sp³-hybridized carbons (Fsp3) is 0.962. The molecule has 5 aliphatic carbocycles. The highest BCUT2D eigenvalue weighted by molar-refractivity contribution is 5.86. The van der Waals surface area contributed by atoms with Gasteiger partial charge in [-0.15, -0.1) is 0 Å². The average Bonchev–Trinajstić information content (AvgIpc) is 2.84. The van der Waals surface area contributed by atoms with Crippen LogP contribution in [0.25, 0.3) is 0 Å². The van der Waals surface area contributed by atoms with Gasteiger partial charge < -0.3 is 40.1 Å². The van der Waals surface area contributed by atoms with Crippen molar-refractivity contribution in [2.45, 2.75) is 102 Å². The van der Waals surface area contributed by atoms with Gasteiger partial charge >= 0.3 is 0 Å². The Morgan fingerprint density at radius 1 is 1.00 bits per heavy atom. The van der Waals surface area contributed by atoms with Gasteiger partial charge in [-0.1, -0.05) is 13.8 Å². The summed E-state index contributed by atoms with van der Waals surface area (Å²) in [6.07, 6.45) is -0.379. The molecule has 1 spiro atoms. The van der Waals surface area contributed by atoms with Gasteiger partial charge in [-0.2, -0.15) is 0 Å². The number of carbonyl (C=O) groups excluding carboxylic acids is 1. The fourth-order valence-corrected chi connectivity index (χ4v) is 9.19. The normalized spacial score (nSPS) is 55.9. The second-order valence-corrected chi connectivity index (χ2v) is 12.8. The Bertz CT molecular complexity index is 836. The first kappa shape index (κ1) is 26.0. The SMILES string of the molecule is C[C@@]12CCC(=O)[C@@](C)(CO[C@@H]3O[C@H](CO)[C@@H](O)[C@H](O)[C@H]3O)[C@H]1CC[C@@]13CC[C@@H](C[C@H]12)[C@](O)(CO)C3. The van der Waals surface area contributed by atoms with E-state index in [4.69, 9.17) is 9.47 Å². The summed E-state index contributed by atoms with van der Waals surface area (Å²) >= 11 is 0. The van der Waals surface area contributed by atoms with Crippen LogP contribution in [-0.4, -0.2) is 92.5 Å². The first-order chi connectivity index (χ1) is 16.4. The van der Waals surface area contributed by atoms with E-state index in [0.717, 1.165) is 38.5 Å². The number of hydrogen-bond acceptors (Lipinski definition) is 9. The molecule has 0 aromatic heterocycles. The van der Waals surface area contributed by atoms with E-state index in [1.165, 1.54) is 0 Å². The molecule has 0 amide bonds. The molecule has 1 aliphatic heterocycles. The monoisotopic (exact) mass is 498 g/mol. The van der Waals surface area contributed by atoms with Crippen LogP contribution in [0.4, 0.5) is 0 Å². The van der Waals surface area contributed by atoms with Gasteiger partial charge in [0, 0.05) is 6.42 Å². The number of fused-ring (bicyclic) bond motifs is 3. The highest BCUT2D eigenvalue weighted by Crippen LogP contribution is 2.72. The van der Waals surface area contributed by atoms with Gasteiger partial charge in [0.1, 0.15) is 30.2 Å². The van der Waals surface area contributed by atoms with E-state index >= 15 is 0 Å². The zero-order valence-corrected chi connectivity index (χ0v) is 20.8. The molecule has 6 rings (SSSR count). The number of aliphatic hydroxyl groups is 6. The Kier molecular flexibility index (Phi) is 6.45. The third-order valence-electron chi connectivity index (χ3n) is 11.2. The summed E-state index contributed by atoms with van der Waals surface area (Å²) in [5.41, 5.74) is -1.94. The molecular weight excluding hydrogens is 456 g/mol. The highest BCUT2D eigenvalue weighted by Gasteiger charge is 2.68. The maximum absolute atomic E-state index is 13.4. The lowest BCUT2D eigenvalue weighted by Gasteiger charge is -2.69. The summed E-state index contributed by atoms with van der Waals surface area (Å²) < 4.78 is 11.5. The van der Waals surface area contributed by atoms with Crippen molar-refractivity contribution in [2.75, 3.05) is 19.8 Å². The number of ether oxygens (including phenoxy) is 2. The van der Waals surface area contributed by atoms with Crippen molar-refractivity contribution in [1.29, 1.82) is 0 Å². The molecule has 5 saturated carbocycles. The van der Waals surface area contributed by atoms with Gasteiger partial charge in [-0.3, -0.25) is 4.79 Å². The molecule has 6 N–H and O–H groups in total. The van der Waals surface area contributed by atoms with E-state index in [2.05, 4.69) is 6.92 Å².